The van der Waals surface area contributed by atoms with E-state index >= 15 is 0 Å². The molecule has 2 heterocycles. The van der Waals surface area contributed by atoms with E-state index in [1.54, 1.807) is 6.20 Å². The predicted octanol–water partition coefficient (Wildman–Crippen LogP) is 1.66. The molecule has 3 nitrogen and oxygen atoms in total. The van der Waals surface area contributed by atoms with Crippen molar-refractivity contribution in [3.05, 3.63) is 18.3 Å². The van der Waals surface area contributed by atoms with Crippen LogP contribution in [0.1, 0.15) is 13.8 Å². The number of anilines is 1. The van der Waals surface area contributed by atoms with Crippen molar-refractivity contribution in [2.45, 2.75) is 19.4 Å². The molecule has 0 unspecified atom stereocenters. The zero-order valence-electron chi connectivity index (χ0n) is 7.29. The molecular weight excluding hydrogens is 152 g/mol. The molecule has 1 N–H and O–H groups in total. The van der Waals surface area contributed by atoms with Crippen LogP contribution in [0.2, 0.25) is 0 Å². The predicted molar refractivity (Wildman–Crippen MR) is 47.4 cm³/mol. The van der Waals surface area contributed by atoms with Crippen molar-refractivity contribution in [1.29, 1.82) is 0 Å². The SMILES string of the molecule is CC1(C)CNc2cccnc2O1. The van der Waals surface area contributed by atoms with E-state index in [1.807, 2.05) is 26.0 Å². The van der Waals surface area contributed by atoms with Crippen LogP contribution in [0, 0.1) is 0 Å². The number of fused-ring (bicyclic) bond motifs is 1. The molecule has 1 aliphatic rings. The van der Waals surface area contributed by atoms with Gasteiger partial charge in [0.1, 0.15) is 5.60 Å². The summed E-state index contributed by atoms with van der Waals surface area (Å²) in [6.07, 6.45) is 1.74. The highest BCUT2D eigenvalue weighted by Crippen LogP contribution is 2.29. The Balaban J connectivity index is 2.35. The summed E-state index contributed by atoms with van der Waals surface area (Å²) in [6.45, 7) is 4.90. The number of rotatable bonds is 0. The van der Waals surface area contributed by atoms with Crippen molar-refractivity contribution in [1.82, 2.24) is 4.98 Å². The normalized spacial score (nSPS) is 18.8. The molecular formula is C9H12N2O. The van der Waals surface area contributed by atoms with Crippen molar-refractivity contribution in [2.75, 3.05) is 11.9 Å². The largest absolute Gasteiger partial charge is 0.468 e. The van der Waals surface area contributed by atoms with Gasteiger partial charge < -0.3 is 10.1 Å². The number of nitrogens with one attached hydrogen (secondary N) is 1. The highest BCUT2D eigenvalue weighted by atomic mass is 16.5. The van der Waals surface area contributed by atoms with Crippen LogP contribution in [-0.4, -0.2) is 17.1 Å². The minimum atomic E-state index is -0.151. The highest BCUT2D eigenvalue weighted by molar-refractivity contribution is 5.54. The number of pyridine rings is 1. The first kappa shape index (κ1) is 7.40. The fourth-order valence-electron chi connectivity index (χ4n) is 1.21. The third kappa shape index (κ3) is 1.22. The Morgan fingerprint density at radius 3 is 3.25 bits per heavy atom. The quantitative estimate of drug-likeness (QED) is 0.633. The molecule has 1 aromatic rings. The standard InChI is InChI=1S/C9H12N2O/c1-9(2)6-11-7-4-3-5-10-8(7)12-9/h3-5,11H,6H2,1-2H3. The molecule has 2 rings (SSSR count). The van der Waals surface area contributed by atoms with Crippen LogP contribution in [-0.2, 0) is 0 Å². The van der Waals surface area contributed by atoms with Crippen LogP contribution in [0.3, 0.4) is 0 Å². The van der Waals surface area contributed by atoms with E-state index in [1.165, 1.54) is 0 Å². The van der Waals surface area contributed by atoms with Gasteiger partial charge in [-0.3, -0.25) is 0 Å². The van der Waals surface area contributed by atoms with Crippen LogP contribution >= 0.6 is 0 Å². The lowest BCUT2D eigenvalue weighted by molar-refractivity contribution is 0.109. The summed E-state index contributed by atoms with van der Waals surface area (Å²) in [6, 6.07) is 3.87. The first-order valence-corrected chi connectivity index (χ1v) is 4.05. The van der Waals surface area contributed by atoms with Gasteiger partial charge in [0, 0.05) is 6.20 Å². The summed E-state index contributed by atoms with van der Waals surface area (Å²) < 4.78 is 5.65. The highest BCUT2D eigenvalue weighted by Gasteiger charge is 2.26. The van der Waals surface area contributed by atoms with Gasteiger partial charge in [0.05, 0.1) is 12.2 Å². The van der Waals surface area contributed by atoms with Crippen molar-refractivity contribution >= 4 is 5.69 Å². The number of nitrogens with zero attached hydrogens (tertiary/aromatic N) is 1. The second-order valence-electron chi connectivity index (χ2n) is 3.57. The molecule has 0 radical (unpaired) electrons. The Morgan fingerprint density at radius 1 is 1.58 bits per heavy atom. The van der Waals surface area contributed by atoms with E-state index in [0.717, 1.165) is 12.2 Å². The summed E-state index contributed by atoms with van der Waals surface area (Å²) in [5, 5.41) is 3.27. The van der Waals surface area contributed by atoms with Crippen LogP contribution < -0.4 is 10.1 Å². The Bertz CT molecular complexity index is 296. The van der Waals surface area contributed by atoms with Crippen molar-refractivity contribution in [2.24, 2.45) is 0 Å². The molecule has 0 saturated carbocycles. The molecule has 64 valence electrons. The van der Waals surface area contributed by atoms with Crippen LogP contribution in [0.4, 0.5) is 5.69 Å². The average Bonchev–Trinajstić information content (AvgIpc) is 2.02. The molecule has 0 spiro atoms. The van der Waals surface area contributed by atoms with Gasteiger partial charge in [-0.25, -0.2) is 4.98 Å². The molecule has 0 bridgehead atoms. The van der Waals surface area contributed by atoms with E-state index < -0.39 is 0 Å². The molecule has 0 aliphatic carbocycles. The van der Waals surface area contributed by atoms with Crippen molar-refractivity contribution in [3.63, 3.8) is 0 Å². The molecule has 12 heavy (non-hydrogen) atoms. The third-order valence-corrected chi connectivity index (χ3v) is 1.85. The van der Waals surface area contributed by atoms with Crippen LogP contribution in [0.15, 0.2) is 18.3 Å². The van der Waals surface area contributed by atoms with Crippen LogP contribution in [0.5, 0.6) is 5.88 Å². The molecule has 0 saturated heterocycles. The minimum absolute atomic E-state index is 0.151. The van der Waals surface area contributed by atoms with Gasteiger partial charge in [-0.2, -0.15) is 0 Å². The topological polar surface area (TPSA) is 34.2 Å². The molecule has 1 aliphatic heterocycles. The summed E-state index contributed by atoms with van der Waals surface area (Å²) in [7, 11) is 0. The maximum Gasteiger partial charge on any atom is 0.237 e. The monoisotopic (exact) mass is 164 g/mol. The Morgan fingerprint density at radius 2 is 2.42 bits per heavy atom. The third-order valence-electron chi connectivity index (χ3n) is 1.85. The van der Waals surface area contributed by atoms with Crippen molar-refractivity contribution < 1.29 is 4.74 Å². The van der Waals surface area contributed by atoms with Gasteiger partial charge in [-0.1, -0.05) is 0 Å². The van der Waals surface area contributed by atoms with Gasteiger partial charge in [0.25, 0.3) is 0 Å². The summed E-state index contributed by atoms with van der Waals surface area (Å²) >= 11 is 0. The number of ether oxygens (including phenoxy) is 1. The Hall–Kier alpha value is -1.25. The zero-order chi connectivity index (χ0) is 8.60. The molecule has 0 atom stereocenters. The van der Waals surface area contributed by atoms with Gasteiger partial charge in [0.2, 0.25) is 5.88 Å². The van der Waals surface area contributed by atoms with Gasteiger partial charge >= 0.3 is 0 Å². The molecule has 1 aromatic heterocycles. The average molecular weight is 164 g/mol. The van der Waals surface area contributed by atoms with E-state index in [2.05, 4.69) is 10.3 Å². The molecule has 0 aromatic carbocycles. The smallest absolute Gasteiger partial charge is 0.237 e. The summed E-state index contributed by atoms with van der Waals surface area (Å²) in [5.41, 5.74) is 0.832. The van der Waals surface area contributed by atoms with Crippen molar-refractivity contribution in [3.8, 4) is 5.88 Å². The number of hydrogen-bond acceptors (Lipinski definition) is 3. The first-order chi connectivity index (χ1) is 5.67. The van der Waals surface area contributed by atoms with E-state index in [0.29, 0.717) is 5.88 Å². The fraction of sp³-hybridized carbons (Fsp3) is 0.444. The van der Waals surface area contributed by atoms with E-state index in [4.69, 9.17) is 4.74 Å². The maximum absolute atomic E-state index is 5.65. The van der Waals surface area contributed by atoms with E-state index in [-0.39, 0.29) is 5.60 Å². The second kappa shape index (κ2) is 2.37. The Kier molecular flexibility index (Phi) is 1.46. The molecule has 3 heteroatoms. The second-order valence-corrected chi connectivity index (χ2v) is 3.57. The van der Waals surface area contributed by atoms with Gasteiger partial charge in [0.15, 0.2) is 0 Å². The minimum Gasteiger partial charge on any atom is -0.468 e. The number of hydrogen-bond donors (Lipinski definition) is 1. The fourth-order valence-corrected chi connectivity index (χ4v) is 1.21. The van der Waals surface area contributed by atoms with Crippen LogP contribution in [0.25, 0.3) is 0 Å². The maximum atomic E-state index is 5.65. The zero-order valence-corrected chi connectivity index (χ0v) is 7.29. The Labute approximate surface area is 71.8 Å². The van der Waals surface area contributed by atoms with Gasteiger partial charge in [-0.05, 0) is 26.0 Å². The first-order valence-electron chi connectivity index (χ1n) is 4.05. The van der Waals surface area contributed by atoms with Gasteiger partial charge in [-0.15, -0.1) is 0 Å². The lowest BCUT2D eigenvalue weighted by atomic mass is 10.1. The number of aromatic nitrogens is 1. The van der Waals surface area contributed by atoms with E-state index in [9.17, 15) is 0 Å². The lowest BCUT2D eigenvalue weighted by Crippen LogP contribution is -2.40. The summed E-state index contributed by atoms with van der Waals surface area (Å²) in [5.74, 6) is 0.703. The molecule has 0 amide bonds. The lowest BCUT2D eigenvalue weighted by Gasteiger charge is -2.32. The molecule has 0 fully saturated rings. The summed E-state index contributed by atoms with van der Waals surface area (Å²) in [4.78, 5) is 4.13.